The number of amides is 1. The summed E-state index contributed by atoms with van der Waals surface area (Å²) in [5, 5.41) is 11.3. The Balaban J connectivity index is 2.54. The van der Waals surface area contributed by atoms with Gasteiger partial charge in [-0.1, -0.05) is 6.07 Å². The second kappa shape index (κ2) is 6.16. The van der Waals surface area contributed by atoms with E-state index in [4.69, 9.17) is 5.11 Å². The van der Waals surface area contributed by atoms with E-state index in [1.165, 1.54) is 4.90 Å². The molecule has 0 atom stereocenters. The second-order valence-electron chi connectivity index (χ2n) is 4.41. The predicted octanol–water partition coefficient (Wildman–Crippen LogP) is 1.26. The summed E-state index contributed by atoms with van der Waals surface area (Å²) in [6.07, 6.45) is 0. The third kappa shape index (κ3) is 4.55. The second-order valence-corrected chi connectivity index (χ2v) is 4.41. The normalized spacial score (nSPS) is 10.4. The molecule has 0 heterocycles. The van der Waals surface area contributed by atoms with Gasteiger partial charge in [0.15, 0.2) is 0 Å². The third-order valence-corrected chi connectivity index (χ3v) is 2.61. The van der Waals surface area contributed by atoms with Crippen LogP contribution in [0.3, 0.4) is 0 Å². The fourth-order valence-corrected chi connectivity index (χ4v) is 1.55. The number of carboxylic acid groups (broad SMARTS) is 1. The van der Waals surface area contributed by atoms with Gasteiger partial charge in [-0.2, -0.15) is 0 Å². The van der Waals surface area contributed by atoms with Crippen LogP contribution in [0.25, 0.3) is 0 Å². The van der Waals surface area contributed by atoms with Gasteiger partial charge in [0.05, 0.1) is 13.1 Å². The van der Waals surface area contributed by atoms with E-state index >= 15 is 0 Å². The number of hydrogen-bond acceptors (Lipinski definition) is 3. The zero-order chi connectivity index (χ0) is 13.7. The van der Waals surface area contributed by atoms with E-state index in [9.17, 15) is 9.59 Å². The number of hydrogen-bond donors (Lipinski definition) is 2. The van der Waals surface area contributed by atoms with Crippen molar-refractivity contribution in [3.8, 4) is 0 Å². The van der Waals surface area contributed by atoms with Gasteiger partial charge in [-0.05, 0) is 44.2 Å². The summed E-state index contributed by atoms with van der Waals surface area (Å²) < 4.78 is 0. The van der Waals surface area contributed by atoms with Gasteiger partial charge < -0.3 is 10.4 Å². The van der Waals surface area contributed by atoms with Gasteiger partial charge in [-0.3, -0.25) is 14.5 Å². The highest BCUT2D eigenvalue weighted by Gasteiger charge is 2.09. The molecule has 5 nitrogen and oxygen atoms in total. The average Bonchev–Trinajstić information content (AvgIpc) is 2.21. The summed E-state index contributed by atoms with van der Waals surface area (Å²) in [5.41, 5.74) is 2.99. The maximum Gasteiger partial charge on any atom is 0.317 e. The van der Waals surface area contributed by atoms with Crippen LogP contribution in [0.1, 0.15) is 11.1 Å². The lowest BCUT2D eigenvalue weighted by molar-refractivity contribution is -0.138. The maximum atomic E-state index is 11.7. The van der Waals surface area contributed by atoms with Gasteiger partial charge in [0, 0.05) is 5.69 Å². The van der Waals surface area contributed by atoms with Crippen molar-refractivity contribution in [1.29, 1.82) is 0 Å². The molecule has 1 rings (SSSR count). The molecule has 0 radical (unpaired) electrons. The summed E-state index contributed by atoms with van der Waals surface area (Å²) >= 11 is 0. The van der Waals surface area contributed by atoms with E-state index in [2.05, 4.69) is 5.32 Å². The van der Waals surface area contributed by atoms with Crippen molar-refractivity contribution in [1.82, 2.24) is 4.90 Å². The zero-order valence-corrected chi connectivity index (χ0v) is 10.9. The first-order valence-corrected chi connectivity index (χ1v) is 5.66. The molecule has 0 spiro atoms. The van der Waals surface area contributed by atoms with Crippen molar-refractivity contribution < 1.29 is 14.7 Å². The van der Waals surface area contributed by atoms with Crippen molar-refractivity contribution in [2.45, 2.75) is 13.8 Å². The molecule has 1 amide bonds. The van der Waals surface area contributed by atoms with Crippen LogP contribution in [0, 0.1) is 13.8 Å². The van der Waals surface area contributed by atoms with Crippen molar-refractivity contribution in [2.24, 2.45) is 0 Å². The van der Waals surface area contributed by atoms with E-state index in [1.807, 2.05) is 32.0 Å². The smallest absolute Gasteiger partial charge is 0.317 e. The number of carbonyl (C=O) groups is 2. The Kier molecular flexibility index (Phi) is 4.85. The van der Waals surface area contributed by atoms with E-state index in [0.717, 1.165) is 16.8 Å². The molecule has 0 unspecified atom stereocenters. The molecule has 1 aromatic carbocycles. The number of nitrogens with zero attached hydrogens (tertiary/aromatic N) is 1. The van der Waals surface area contributed by atoms with Crippen LogP contribution in [-0.4, -0.2) is 42.0 Å². The van der Waals surface area contributed by atoms with E-state index < -0.39 is 5.97 Å². The lowest BCUT2D eigenvalue weighted by atomic mass is 10.1. The topological polar surface area (TPSA) is 69.6 Å². The minimum atomic E-state index is -0.948. The first kappa shape index (κ1) is 14.2. The van der Waals surface area contributed by atoms with Crippen LogP contribution < -0.4 is 5.32 Å². The fourth-order valence-electron chi connectivity index (χ4n) is 1.55. The number of aryl methyl sites for hydroxylation is 2. The van der Waals surface area contributed by atoms with Gasteiger partial charge in [0.1, 0.15) is 0 Å². The Morgan fingerprint density at radius 3 is 2.44 bits per heavy atom. The third-order valence-electron chi connectivity index (χ3n) is 2.61. The Morgan fingerprint density at radius 2 is 1.89 bits per heavy atom. The number of benzene rings is 1. The highest BCUT2D eigenvalue weighted by atomic mass is 16.4. The molecule has 0 bridgehead atoms. The molecule has 0 aromatic heterocycles. The monoisotopic (exact) mass is 250 g/mol. The molecule has 0 saturated carbocycles. The highest BCUT2D eigenvalue weighted by molar-refractivity contribution is 5.92. The molecule has 0 aliphatic heterocycles. The Bertz CT molecular complexity index is 458. The molecule has 18 heavy (non-hydrogen) atoms. The quantitative estimate of drug-likeness (QED) is 0.825. The molecule has 1 aromatic rings. The van der Waals surface area contributed by atoms with Crippen LogP contribution in [-0.2, 0) is 9.59 Å². The zero-order valence-electron chi connectivity index (χ0n) is 10.9. The van der Waals surface area contributed by atoms with Gasteiger partial charge in [0.25, 0.3) is 0 Å². The minimum Gasteiger partial charge on any atom is -0.480 e. The maximum absolute atomic E-state index is 11.7. The van der Waals surface area contributed by atoms with E-state index in [0.29, 0.717) is 0 Å². The number of rotatable bonds is 5. The molecule has 98 valence electrons. The molecule has 0 fully saturated rings. The molecule has 0 aliphatic carbocycles. The van der Waals surface area contributed by atoms with Gasteiger partial charge >= 0.3 is 5.97 Å². The summed E-state index contributed by atoms with van der Waals surface area (Å²) in [7, 11) is 1.59. The van der Waals surface area contributed by atoms with E-state index in [1.54, 1.807) is 7.05 Å². The summed E-state index contributed by atoms with van der Waals surface area (Å²) in [4.78, 5) is 23.6. The van der Waals surface area contributed by atoms with Crippen LogP contribution in [0.15, 0.2) is 18.2 Å². The van der Waals surface area contributed by atoms with Crippen molar-refractivity contribution in [2.75, 3.05) is 25.5 Å². The molecule has 0 saturated heterocycles. The summed E-state index contributed by atoms with van der Waals surface area (Å²) in [6.45, 7) is 3.88. The lowest BCUT2D eigenvalue weighted by Crippen LogP contribution is -2.33. The van der Waals surface area contributed by atoms with Crippen LogP contribution >= 0.6 is 0 Å². The number of carbonyl (C=O) groups excluding carboxylic acids is 1. The van der Waals surface area contributed by atoms with E-state index in [-0.39, 0.29) is 19.0 Å². The number of aliphatic carboxylic acids is 1. The number of nitrogens with one attached hydrogen (secondary N) is 1. The number of anilines is 1. The standard InChI is InChI=1S/C13H18N2O3/c1-9-4-5-11(6-10(9)2)14-12(16)7-15(3)8-13(17)18/h4-6H,7-8H2,1-3H3,(H,14,16)(H,17,18). The van der Waals surface area contributed by atoms with Gasteiger partial charge in [-0.15, -0.1) is 0 Å². The Hall–Kier alpha value is -1.88. The molecule has 0 aliphatic rings. The predicted molar refractivity (Wildman–Crippen MR) is 69.7 cm³/mol. The van der Waals surface area contributed by atoms with Crippen LogP contribution in [0.5, 0.6) is 0 Å². The fraction of sp³-hybridized carbons (Fsp3) is 0.385. The minimum absolute atomic E-state index is 0.0548. The van der Waals surface area contributed by atoms with Crippen molar-refractivity contribution in [3.63, 3.8) is 0 Å². The molecule has 5 heteroatoms. The number of likely N-dealkylation sites (N-methyl/N-ethyl adjacent to an activating group) is 1. The van der Waals surface area contributed by atoms with Gasteiger partial charge in [-0.25, -0.2) is 0 Å². The first-order chi connectivity index (χ1) is 8.38. The largest absolute Gasteiger partial charge is 0.480 e. The average molecular weight is 250 g/mol. The van der Waals surface area contributed by atoms with Crippen molar-refractivity contribution in [3.05, 3.63) is 29.3 Å². The molecule has 2 N–H and O–H groups in total. The molecular weight excluding hydrogens is 232 g/mol. The number of carboxylic acids is 1. The van der Waals surface area contributed by atoms with Crippen LogP contribution in [0.4, 0.5) is 5.69 Å². The Morgan fingerprint density at radius 1 is 1.22 bits per heavy atom. The lowest BCUT2D eigenvalue weighted by Gasteiger charge is -2.14. The molecular formula is C13H18N2O3. The van der Waals surface area contributed by atoms with Crippen LogP contribution in [0.2, 0.25) is 0 Å². The SMILES string of the molecule is Cc1ccc(NC(=O)CN(C)CC(=O)O)cc1C. The van der Waals surface area contributed by atoms with Gasteiger partial charge in [0.2, 0.25) is 5.91 Å². The highest BCUT2D eigenvalue weighted by Crippen LogP contribution is 2.13. The summed E-state index contributed by atoms with van der Waals surface area (Å²) in [6, 6.07) is 5.66. The summed E-state index contributed by atoms with van der Waals surface area (Å²) in [5.74, 6) is -1.17. The van der Waals surface area contributed by atoms with Crippen molar-refractivity contribution >= 4 is 17.6 Å². The Labute approximate surface area is 106 Å². The first-order valence-electron chi connectivity index (χ1n) is 5.66.